The first-order valence-electron chi connectivity index (χ1n) is 8.53. The van der Waals surface area contributed by atoms with E-state index in [0.29, 0.717) is 6.54 Å². The predicted molar refractivity (Wildman–Crippen MR) is 99.1 cm³/mol. The van der Waals surface area contributed by atoms with E-state index in [9.17, 15) is 9.59 Å². The van der Waals surface area contributed by atoms with Gasteiger partial charge in [-0.3, -0.25) is 9.59 Å². The molecule has 1 aromatic rings. The third-order valence-electron chi connectivity index (χ3n) is 4.18. The van der Waals surface area contributed by atoms with Gasteiger partial charge in [-0.1, -0.05) is 25.1 Å². The van der Waals surface area contributed by atoms with Crippen molar-refractivity contribution in [3.05, 3.63) is 29.3 Å². The topological polar surface area (TPSA) is 61.4 Å². The fourth-order valence-corrected chi connectivity index (χ4v) is 2.39. The Balaban J connectivity index is 2.73. The molecule has 0 heterocycles. The second-order valence-electron chi connectivity index (χ2n) is 6.95. The Morgan fingerprint density at radius 2 is 1.83 bits per heavy atom. The highest BCUT2D eigenvalue weighted by Crippen LogP contribution is 2.25. The van der Waals surface area contributed by atoms with Gasteiger partial charge in [0.15, 0.2) is 0 Å². The first-order chi connectivity index (χ1) is 11.2. The molecule has 0 bridgehead atoms. The fourth-order valence-electron chi connectivity index (χ4n) is 2.39. The fraction of sp³-hybridized carbons (Fsp3) is 0.579. The largest absolute Gasteiger partial charge is 0.355 e. The van der Waals surface area contributed by atoms with Crippen molar-refractivity contribution in [2.75, 3.05) is 32.5 Å². The maximum Gasteiger partial charge on any atom is 0.239 e. The molecule has 0 saturated carbocycles. The zero-order valence-corrected chi connectivity index (χ0v) is 15.8. The lowest BCUT2D eigenvalue weighted by atomic mass is 9.90. The Morgan fingerprint density at radius 3 is 2.42 bits per heavy atom. The summed E-state index contributed by atoms with van der Waals surface area (Å²) in [6, 6.07) is 5.94. The van der Waals surface area contributed by atoms with Gasteiger partial charge in [-0.05, 0) is 65.4 Å². The lowest BCUT2D eigenvalue weighted by molar-refractivity contribution is -0.138. The summed E-state index contributed by atoms with van der Waals surface area (Å²) in [5.41, 5.74) is 1.78. The molecule has 0 atom stereocenters. The van der Waals surface area contributed by atoms with Crippen LogP contribution < -0.4 is 10.6 Å². The number of carbonyl (C=O) groups excluding carboxylic acids is 2. The summed E-state index contributed by atoms with van der Waals surface area (Å²) in [5, 5.41) is 5.81. The Bertz CT molecular complexity index is 580. The highest BCUT2D eigenvalue weighted by Gasteiger charge is 2.36. The van der Waals surface area contributed by atoms with Crippen molar-refractivity contribution >= 4 is 17.5 Å². The molecule has 0 saturated heterocycles. The number of anilines is 1. The van der Waals surface area contributed by atoms with E-state index in [4.69, 9.17) is 0 Å². The van der Waals surface area contributed by atoms with E-state index in [2.05, 4.69) is 15.5 Å². The molecular weight excluding hydrogens is 302 g/mol. The summed E-state index contributed by atoms with van der Waals surface area (Å²) in [4.78, 5) is 27.1. The van der Waals surface area contributed by atoms with E-state index in [1.807, 2.05) is 46.1 Å². The number of amides is 2. The number of carbonyl (C=O) groups is 2. The van der Waals surface area contributed by atoms with Gasteiger partial charge in [-0.25, -0.2) is 0 Å². The molecule has 0 aromatic heterocycles. The number of nitrogens with zero attached hydrogens (tertiary/aromatic N) is 1. The molecule has 0 radical (unpaired) electrons. The number of nitrogens with one attached hydrogen (secondary N) is 2. The highest BCUT2D eigenvalue weighted by molar-refractivity contribution is 6.10. The maximum absolute atomic E-state index is 12.7. The van der Waals surface area contributed by atoms with Gasteiger partial charge in [-0.2, -0.15) is 0 Å². The smallest absolute Gasteiger partial charge is 0.239 e. The molecule has 0 aliphatic heterocycles. The summed E-state index contributed by atoms with van der Waals surface area (Å²) in [6.07, 6.45) is 1.68. The quantitative estimate of drug-likeness (QED) is 0.568. The number of aryl methyl sites for hydroxylation is 2. The average Bonchev–Trinajstić information content (AvgIpc) is 2.52. The minimum Gasteiger partial charge on any atom is -0.355 e. The SMILES string of the molecule is CCc1cccc(C)c1NC(=O)C(C)(C)C(=O)NCCCN(C)C. The summed E-state index contributed by atoms with van der Waals surface area (Å²) in [5.74, 6) is -0.526. The zero-order chi connectivity index (χ0) is 18.3. The summed E-state index contributed by atoms with van der Waals surface area (Å²) in [7, 11) is 3.99. The van der Waals surface area contributed by atoms with E-state index in [1.54, 1.807) is 13.8 Å². The van der Waals surface area contributed by atoms with Crippen LogP contribution in [-0.2, 0) is 16.0 Å². The van der Waals surface area contributed by atoms with Crippen LogP contribution in [0.4, 0.5) is 5.69 Å². The molecular formula is C19H31N3O2. The second-order valence-corrected chi connectivity index (χ2v) is 6.95. The molecule has 1 rings (SSSR count). The molecule has 5 nitrogen and oxygen atoms in total. The minimum absolute atomic E-state index is 0.245. The summed E-state index contributed by atoms with van der Waals surface area (Å²) < 4.78 is 0. The lowest BCUT2D eigenvalue weighted by Gasteiger charge is -2.24. The van der Waals surface area contributed by atoms with Crippen molar-refractivity contribution in [3.8, 4) is 0 Å². The highest BCUT2D eigenvalue weighted by atomic mass is 16.2. The molecule has 2 amide bonds. The van der Waals surface area contributed by atoms with E-state index in [-0.39, 0.29) is 11.8 Å². The van der Waals surface area contributed by atoms with Crippen molar-refractivity contribution in [1.82, 2.24) is 10.2 Å². The maximum atomic E-state index is 12.7. The molecule has 2 N–H and O–H groups in total. The van der Waals surface area contributed by atoms with Gasteiger partial charge in [0.2, 0.25) is 11.8 Å². The van der Waals surface area contributed by atoms with Gasteiger partial charge in [-0.15, -0.1) is 0 Å². The predicted octanol–water partition coefficient (Wildman–Crippen LogP) is 2.59. The molecule has 1 aromatic carbocycles. The molecule has 0 unspecified atom stereocenters. The molecule has 0 fully saturated rings. The van der Waals surface area contributed by atoms with Crippen LogP contribution in [0, 0.1) is 12.3 Å². The molecule has 134 valence electrons. The number of rotatable bonds is 8. The van der Waals surface area contributed by atoms with Crippen LogP contribution in [-0.4, -0.2) is 43.9 Å². The first kappa shape index (κ1) is 20.2. The van der Waals surface area contributed by atoms with Crippen LogP contribution >= 0.6 is 0 Å². The molecule has 0 aliphatic carbocycles. The standard InChI is InChI=1S/C19H31N3O2/c1-7-15-11-8-10-14(2)16(15)21-18(24)19(3,4)17(23)20-12-9-13-22(5)6/h8,10-11H,7,9,12-13H2,1-6H3,(H,20,23)(H,21,24). The van der Waals surface area contributed by atoms with Crippen LogP contribution in [0.1, 0.15) is 38.3 Å². The van der Waals surface area contributed by atoms with Gasteiger partial charge in [0.1, 0.15) is 5.41 Å². The molecule has 5 heteroatoms. The van der Waals surface area contributed by atoms with Gasteiger partial charge < -0.3 is 15.5 Å². The number of para-hydroxylation sites is 1. The Hall–Kier alpha value is -1.88. The van der Waals surface area contributed by atoms with Crippen LogP contribution in [0.2, 0.25) is 0 Å². The number of hydrogen-bond acceptors (Lipinski definition) is 3. The van der Waals surface area contributed by atoms with Crippen molar-refractivity contribution < 1.29 is 9.59 Å². The first-order valence-corrected chi connectivity index (χ1v) is 8.53. The molecule has 24 heavy (non-hydrogen) atoms. The van der Waals surface area contributed by atoms with Crippen LogP contribution in [0.3, 0.4) is 0 Å². The van der Waals surface area contributed by atoms with Crippen molar-refractivity contribution in [2.24, 2.45) is 5.41 Å². The van der Waals surface area contributed by atoms with Crippen LogP contribution in [0.5, 0.6) is 0 Å². The number of benzene rings is 1. The Kier molecular flexibility index (Phi) is 7.42. The monoisotopic (exact) mass is 333 g/mol. The third-order valence-corrected chi connectivity index (χ3v) is 4.18. The summed E-state index contributed by atoms with van der Waals surface area (Å²) >= 11 is 0. The van der Waals surface area contributed by atoms with Gasteiger partial charge in [0.25, 0.3) is 0 Å². The van der Waals surface area contributed by atoms with Gasteiger partial charge >= 0.3 is 0 Å². The lowest BCUT2D eigenvalue weighted by Crippen LogP contribution is -2.45. The average molecular weight is 333 g/mol. The Labute approximate surface area is 145 Å². The minimum atomic E-state index is -1.12. The Morgan fingerprint density at radius 1 is 1.17 bits per heavy atom. The van der Waals surface area contributed by atoms with E-state index < -0.39 is 5.41 Å². The van der Waals surface area contributed by atoms with E-state index in [1.165, 1.54) is 0 Å². The zero-order valence-electron chi connectivity index (χ0n) is 15.8. The number of hydrogen-bond donors (Lipinski definition) is 2. The third kappa shape index (κ3) is 5.34. The van der Waals surface area contributed by atoms with Gasteiger partial charge in [0, 0.05) is 12.2 Å². The van der Waals surface area contributed by atoms with Gasteiger partial charge in [0.05, 0.1) is 0 Å². The van der Waals surface area contributed by atoms with Crippen LogP contribution in [0.25, 0.3) is 0 Å². The molecule has 0 spiro atoms. The van der Waals surface area contributed by atoms with Crippen molar-refractivity contribution in [2.45, 2.75) is 40.5 Å². The molecule has 0 aliphatic rings. The second kappa shape index (κ2) is 8.83. The van der Waals surface area contributed by atoms with Crippen molar-refractivity contribution in [1.29, 1.82) is 0 Å². The van der Waals surface area contributed by atoms with Crippen LogP contribution in [0.15, 0.2) is 18.2 Å². The normalized spacial score (nSPS) is 11.5. The van der Waals surface area contributed by atoms with Crippen molar-refractivity contribution in [3.63, 3.8) is 0 Å². The summed E-state index contributed by atoms with van der Waals surface area (Å²) in [6.45, 7) is 8.80. The van der Waals surface area contributed by atoms with E-state index >= 15 is 0 Å². The van der Waals surface area contributed by atoms with E-state index in [0.717, 1.165) is 36.2 Å².